The van der Waals surface area contributed by atoms with Crippen molar-refractivity contribution in [3.05, 3.63) is 23.8 Å². The Balaban J connectivity index is 2.23. The minimum atomic E-state index is -0.818. The topological polar surface area (TPSA) is 98.3 Å². The Hall–Kier alpha value is -1.66. The summed E-state index contributed by atoms with van der Waals surface area (Å²) in [6.07, 6.45) is 1.12. The Bertz CT molecular complexity index is 463. The van der Waals surface area contributed by atoms with Gasteiger partial charge in [0.05, 0.1) is 6.26 Å². The lowest BCUT2D eigenvalue weighted by Crippen LogP contribution is -2.06. The van der Waals surface area contributed by atoms with Crippen LogP contribution in [0.25, 0.3) is 11.6 Å². The Labute approximate surface area is 92.1 Å². The number of aliphatic hydroxyl groups excluding tert-OH is 1. The zero-order chi connectivity index (χ0) is 11.5. The predicted molar refractivity (Wildman–Crippen MR) is 55.4 cm³/mol. The lowest BCUT2D eigenvalue weighted by atomic mass is 10.2. The van der Waals surface area contributed by atoms with Crippen LogP contribution in [0.1, 0.15) is 24.0 Å². The molecule has 2 aromatic rings. The molecule has 0 bridgehead atoms. The molecule has 2 rings (SSSR count). The van der Waals surface area contributed by atoms with Crippen LogP contribution in [0.3, 0.4) is 0 Å². The molecule has 0 saturated carbocycles. The van der Waals surface area contributed by atoms with Gasteiger partial charge in [0, 0.05) is 0 Å². The van der Waals surface area contributed by atoms with Gasteiger partial charge in [-0.25, -0.2) is 0 Å². The van der Waals surface area contributed by atoms with Crippen molar-refractivity contribution in [3.63, 3.8) is 0 Å². The van der Waals surface area contributed by atoms with Gasteiger partial charge >= 0.3 is 0 Å². The monoisotopic (exact) mass is 223 g/mol. The minimum absolute atomic E-state index is 0.163. The van der Waals surface area contributed by atoms with Gasteiger partial charge in [0.1, 0.15) is 6.10 Å². The van der Waals surface area contributed by atoms with E-state index in [9.17, 15) is 5.11 Å². The number of aliphatic hydroxyl groups is 1. The van der Waals surface area contributed by atoms with E-state index < -0.39 is 6.10 Å². The van der Waals surface area contributed by atoms with Crippen molar-refractivity contribution in [1.82, 2.24) is 10.1 Å². The van der Waals surface area contributed by atoms with Crippen molar-refractivity contribution < 1.29 is 14.0 Å². The zero-order valence-electron chi connectivity index (χ0n) is 8.88. The first-order valence-corrected chi connectivity index (χ1v) is 4.98. The highest BCUT2D eigenvalue weighted by Gasteiger charge is 2.18. The largest absolute Gasteiger partial charge is 0.461 e. The molecule has 0 amide bonds. The molecule has 86 valence electrons. The normalized spacial score (nSPS) is 12.9. The van der Waals surface area contributed by atoms with E-state index in [1.165, 1.54) is 0 Å². The molecule has 6 nitrogen and oxygen atoms in total. The lowest BCUT2D eigenvalue weighted by molar-refractivity contribution is 0.127. The predicted octanol–water partition coefficient (Wildman–Crippen LogP) is 1.02. The van der Waals surface area contributed by atoms with E-state index in [-0.39, 0.29) is 5.89 Å². The molecular formula is C10H13N3O3. The number of furan rings is 1. The first kappa shape index (κ1) is 10.8. The van der Waals surface area contributed by atoms with Crippen LogP contribution in [0, 0.1) is 6.92 Å². The van der Waals surface area contributed by atoms with Crippen LogP contribution in [-0.4, -0.2) is 21.8 Å². The first-order chi connectivity index (χ1) is 7.72. The molecule has 0 aliphatic heterocycles. The van der Waals surface area contributed by atoms with Gasteiger partial charge in [-0.05, 0) is 31.5 Å². The summed E-state index contributed by atoms with van der Waals surface area (Å²) >= 11 is 0. The summed E-state index contributed by atoms with van der Waals surface area (Å²) < 4.78 is 10.1. The van der Waals surface area contributed by atoms with Gasteiger partial charge in [0.15, 0.2) is 5.76 Å². The third-order valence-electron chi connectivity index (χ3n) is 2.23. The summed E-state index contributed by atoms with van der Waals surface area (Å²) in [5.41, 5.74) is 6.24. The number of aromatic nitrogens is 2. The molecule has 0 fully saturated rings. The highest BCUT2D eigenvalue weighted by atomic mass is 16.5. The second kappa shape index (κ2) is 4.46. The maximum absolute atomic E-state index is 9.59. The molecule has 3 N–H and O–H groups in total. The van der Waals surface area contributed by atoms with Crippen molar-refractivity contribution in [2.45, 2.75) is 19.4 Å². The van der Waals surface area contributed by atoms with E-state index in [4.69, 9.17) is 14.7 Å². The Kier molecular flexibility index (Phi) is 3.02. The van der Waals surface area contributed by atoms with Crippen molar-refractivity contribution in [2.24, 2.45) is 5.73 Å². The molecule has 0 spiro atoms. The fourth-order valence-electron chi connectivity index (χ4n) is 1.35. The lowest BCUT2D eigenvalue weighted by Gasteiger charge is -2.00. The van der Waals surface area contributed by atoms with E-state index in [0.29, 0.717) is 24.6 Å². The highest BCUT2D eigenvalue weighted by Crippen LogP contribution is 2.23. The molecule has 1 atom stereocenters. The number of hydrogen-bond donors (Lipinski definition) is 2. The fraction of sp³-hybridized carbons (Fsp3) is 0.400. The van der Waals surface area contributed by atoms with Crippen LogP contribution in [0.15, 0.2) is 21.3 Å². The van der Waals surface area contributed by atoms with Gasteiger partial charge in [-0.2, -0.15) is 4.98 Å². The average molecular weight is 223 g/mol. The van der Waals surface area contributed by atoms with E-state index >= 15 is 0 Å². The molecule has 2 heterocycles. The summed E-state index contributed by atoms with van der Waals surface area (Å²) in [7, 11) is 0. The van der Waals surface area contributed by atoms with E-state index in [1.807, 2.05) is 13.0 Å². The van der Waals surface area contributed by atoms with Gasteiger partial charge in [0.2, 0.25) is 5.82 Å². The number of nitrogens with zero attached hydrogens (tertiary/aromatic N) is 2. The number of hydrogen-bond acceptors (Lipinski definition) is 6. The highest BCUT2D eigenvalue weighted by molar-refractivity contribution is 5.50. The summed E-state index contributed by atoms with van der Waals surface area (Å²) in [5.74, 6) is 1.06. The van der Waals surface area contributed by atoms with E-state index in [0.717, 1.165) is 5.56 Å². The number of rotatable bonds is 4. The molecule has 0 saturated heterocycles. The number of nitrogens with two attached hydrogens (primary N) is 1. The van der Waals surface area contributed by atoms with Crippen LogP contribution in [0.2, 0.25) is 0 Å². The van der Waals surface area contributed by atoms with Crippen LogP contribution in [0.5, 0.6) is 0 Å². The minimum Gasteiger partial charge on any atom is -0.461 e. The van der Waals surface area contributed by atoms with Crippen molar-refractivity contribution >= 4 is 0 Å². The second-order valence-corrected chi connectivity index (χ2v) is 3.48. The summed E-state index contributed by atoms with van der Waals surface area (Å²) in [4.78, 5) is 4.06. The Morgan fingerprint density at radius 2 is 2.38 bits per heavy atom. The van der Waals surface area contributed by atoms with Crippen LogP contribution >= 0.6 is 0 Å². The first-order valence-electron chi connectivity index (χ1n) is 4.98. The molecule has 0 aromatic carbocycles. The third kappa shape index (κ3) is 1.98. The molecule has 0 aliphatic carbocycles. The molecule has 16 heavy (non-hydrogen) atoms. The maximum Gasteiger partial charge on any atom is 0.255 e. The standard InChI is InChI=1S/C10H13N3O3/c1-6-3-5-15-8(6)9-12-10(16-13-9)7(14)2-4-11/h3,5,7,14H,2,4,11H2,1H3. The quantitative estimate of drug-likeness (QED) is 0.802. The van der Waals surface area contributed by atoms with E-state index in [2.05, 4.69) is 10.1 Å². The zero-order valence-corrected chi connectivity index (χ0v) is 8.88. The van der Waals surface area contributed by atoms with Crippen LogP contribution in [0.4, 0.5) is 0 Å². The fourth-order valence-corrected chi connectivity index (χ4v) is 1.35. The van der Waals surface area contributed by atoms with Gasteiger partial charge in [0.25, 0.3) is 5.89 Å². The van der Waals surface area contributed by atoms with Crippen molar-refractivity contribution in [3.8, 4) is 11.6 Å². The molecule has 0 radical (unpaired) electrons. The van der Waals surface area contributed by atoms with Gasteiger partial charge < -0.3 is 19.8 Å². The summed E-state index contributed by atoms with van der Waals surface area (Å²) in [6, 6.07) is 1.81. The molecule has 2 aromatic heterocycles. The van der Waals surface area contributed by atoms with Gasteiger partial charge in [-0.1, -0.05) is 5.16 Å². The Morgan fingerprint density at radius 3 is 3.00 bits per heavy atom. The molecular weight excluding hydrogens is 210 g/mol. The summed E-state index contributed by atoms with van der Waals surface area (Å²) in [5, 5.41) is 13.3. The van der Waals surface area contributed by atoms with E-state index in [1.54, 1.807) is 6.26 Å². The van der Waals surface area contributed by atoms with Crippen LogP contribution in [-0.2, 0) is 0 Å². The van der Waals surface area contributed by atoms with Crippen molar-refractivity contribution in [1.29, 1.82) is 0 Å². The molecule has 6 heteroatoms. The summed E-state index contributed by atoms with van der Waals surface area (Å²) in [6.45, 7) is 2.24. The second-order valence-electron chi connectivity index (χ2n) is 3.48. The average Bonchev–Trinajstić information content (AvgIpc) is 2.86. The van der Waals surface area contributed by atoms with Gasteiger partial charge in [-0.3, -0.25) is 0 Å². The molecule has 0 aliphatic rings. The maximum atomic E-state index is 9.59. The van der Waals surface area contributed by atoms with Crippen LogP contribution < -0.4 is 5.73 Å². The van der Waals surface area contributed by atoms with Crippen molar-refractivity contribution in [2.75, 3.05) is 6.54 Å². The third-order valence-corrected chi connectivity index (χ3v) is 2.23. The van der Waals surface area contributed by atoms with Gasteiger partial charge in [-0.15, -0.1) is 0 Å². The smallest absolute Gasteiger partial charge is 0.255 e. The molecule has 1 unspecified atom stereocenters. The number of aryl methyl sites for hydroxylation is 1. The Morgan fingerprint density at radius 1 is 1.56 bits per heavy atom. The SMILES string of the molecule is Cc1ccoc1-c1noc(C(O)CCN)n1.